The summed E-state index contributed by atoms with van der Waals surface area (Å²) in [5, 5.41) is 24.2. The Balaban J connectivity index is 1.44. The maximum absolute atomic E-state index is 14.4. The third-order valence-electron chi connectivity index (χ3n) is 12.2. The number of hydrogen-bond acceptors (Lipinski definition) is 10. The number of methoxy groups -OCH3 is 4. The van der Waals surface area contributed by atoms with E-state index in [-0.39, 0.29) is 48.2 Å². The molecule has 7 bridgehead atoms. The van der Waals surface area contributed by atoms with Crippen molar-refractivity contribution in [1.82, 2.24) is 4.90 Å². The number of likely N-dealkylation sites (tertiary alicyclic amines) is 1. The van der Waals surface area contributed by atoms with E-state index in [0.29, 0.717) is 25.1 Å². The van der Waals surface area contributed by atoms with E-state index in [9.17, 15) is 19.8 Å². The highest BCUT2D eigenvalue weighted by Crippen LogP contribution is 2.78. The molecule has 6 aliphatic rings. The minimum Gasteiger partial charge on any atom is -0.455 e. The van der Waals surface area contributed by atoms with E-state index < -0.39 is 52.5 Å². The second-order valence-electron chi connectivity index (χ2n) is 13.4. The molecule has 7 rings (SSSR count). The summed E-state index contributed by atoms with van der Waals surface area (Å²) in [5.74, 6) is -2.44. The maximum atomic E-state index is 14.4. The van der Waals surface area contributed by atoms with Gasteiger partial charge in [-0.25, -0.2) is 4.79 Å². The molecule has 5 aliphatic carbocycles. The van der Waals surface area contributed by atoms with Crippen molar-refractivity contribution in [2.24, 2.45) is 40.4 Å². The SMILES string of the molecule is COC[C@@]12CN(C)C3C4[C@H]5C(=O)[C@H](OC)[C@]6(O)C[C@@H]([C@@H]5[C@H]6OC(=O)c5ccccc5)C3([C@@H](OC)C[C@H]1O)[C@@H]2[C@H]4OC. The van der Waals surface area contributed by atoms with Crippen molar-refractivity contribution in [3.63, 3.8) is 0 Å². The van der Waals surface area contributed by atoms with Gasteiger partial charge in [-0.1, -0.05) is 18.2 Å². The summed E-state index contributed by atoms with van der Waals surface area (Å²) in [6.07, 6.45) is -2.91. The molecule has 10 nitrogen and oxygen atoms in total. The van der Waals surface area contributed by atoms with Crippen LogP contribution in [0.15, 0.2) is 30.3 Å². The lowest BCUT2D eigenvalue weighted by atomic mass is 9.43. The van der Waals surface area contributed by atoms with Crippen LogP contribution in [0.2, 0.25) is 0 Å². The zero-order valence-electron chi connectivity index (χ0n) is 24.3. The molecule has 5 saturated carbocycles. The lowest BCUT2D eigenvalue weighted by Crippen LogP contribution is -2.76. The first-order valence-corrected chi connectivity index (χ1v) is 14.6. The Morgan fingerprint density at radius 3 is 2.44 bits per heavy atom. The molecule has 3 unspecified atom stereocenters. The number of fused-ring (bicyclic) bond motifs is 2. The van der Waals surface area contributed by atoms with Crippen molar-refractivity contribution in [2.75, 3.05) is 48.6 Å². The predicted molar refractivity (Wildman–Crippen MR) is 144 cm³/mol. The number of carbonyl (C=O) groups is 2. The van der Waals surface area contributed by atoms with E-state index in [1.165, 1.54) is 7.11 Å². The van der Waals surface area contributed by atoms with Gasteiger partial charge in [-0.05, 0) is 31.5 Å². The summed E-state index contributed by atoms with van der Waals surface area (Å²) < 4.78 is 30.5. The van der Waals surface area contributed by atoms with E-state index in [2.05, 4.69) is 11.9 Å². The molecular formula is C31H41NO9. The monoisotopic (exact) mass is 571 g/mol. The summed E-state index contributed by atoms with van der Waals surface area (Å²) in [4.78, 5) is 30.1. The van der Waals surface area contributed by atoms with Gasteiger partial charge >= 0.3 is 5.97 Å². The number of ketones is 1. The van der Waals surface area contributed by atoms with Gasteiger partial charge < -0.3 is 38.8 Å². The average Bonchev–Trinajstić information content (AvgIpc) is 3.32. The fourth-order valence-electron chi connectivity index (χ4n) is 11.6. The van der Waals surface area contributed by atoms with Crippen LogP contribution in [-0.4, -0.2) is 118 Å². The summed E-state index contributed by atoms with van der Waals surface area (Å²) in [6.45, 7) is 0.919. The second kappa shape index (κ2) is 9.29. The molecule has 224 valence electrons. The molecule has 41 heavy (non-hydrogen) atoms. The zero-order chi connectivity index (χ0) is 29.1. The van der Waals surface area contributed by atoms with Crippen molar-refractivity contribution in [3.05, 3.63) is 35.9 Å². The Kier molecular flexibility index (Phi) is 6.32. The quantitative estimate of drug-likeness (QED) is 0.454. The Hall–Kier alpha value is -1.92. The van der Waals surface area contributed by atoms with Gasteiger partial charge in [-0.2, -0.15) is 0 Å². The summed E-state index contributed by atoms with van der Waals surface area (Å²) in [5.41, 5.74) is -2.57. The number of benzene rings is 1. The van der Waals surface area contributed by atoms with Crippen LogP contribution >= 0.6 is 0 Å². The molecule has 0 amide bonds. The van der Waals surface area contributed by atoms with Crippen LogP contribution in [0.5, 0.6) is 0 Å². The Bertz CT molecular complexity index is 1230. The number of rotatable bonds is 7. The van der Waals surface area contributed by atoms with Crippen LogP contribution in [0.3, 0.4) is 0 Å². The highest BCUT2D eigenvalue weighted by molar-refractivity contribution is 5.92. The van der Waals surface area contributed by atoms with Crippen molar-refractivity contribution in [3.8, 4) is 0 Å². The lowest BCUT2D eigenvalue weighted by molar-refractivity contribution is -0.277. The van der Waals surface area contributed by atoms with Crippen LogP contribution in [-0.2, 0) is 28.5 Å². The summed E-state index contributed by atoms with van der Waals surface area (Å²) >= 11 is 0. The van der Waals surface area contributed by atoms with Crippen LogP contribution in [0.1, 0.15) is 23.2 Å². The van der Waals surface area contributed by atoms with Crippen LogP contribution in [0, 0.1) is 40.4 Å². The van der Waals surface area contributed by atoms with Gasteiger partial charge in [0.1, 0.15) is 17.8 Å². The Labute approximate surface area is 240 Å². The number of aliphatic hydroxyl groups excluding tert-OH is 1. The highest BCUT2D eigenvalue weighted by atomic mass is 16.6. The minimum atomic E-state index is -1.70. The summed E-state index contributed by atoms with van der Waals surface area (Å²) in [6, 6.07) is 8.62. The van der Waals surface area contributed by atoms with Gasteiger partial charge in [0.15, 0.2) is 5.78 Å². The fourth-order valence-corrected chi connectivity index (χ4v) is 11.6. The number of Topliss-reactive ketones (excluding diaryl/α,β-unsaturated/α-hetero) is 1. The maximum Gasteiger partial charge on any atom is 0.338 e. The van der Waals surface area contributed by atoms with E-state index in [1.807, 2.05) is 6.07 Å². The Morgan fingerprint density at radius 1 is 1.07 bits per heavy atom. The molecule has 1 saturated heterocycles. The molecule has 1 aromatic carbocycles. The third kappa shape index (κ3) is 3.12. The molecule has 1 aromatic rings. The first-order valence-electron chi connectivity index (χ1n) is 14.6. The second-order valence-corrected chi connectivity index (χ2v) is 13.4. The molecule has 1 aliphatic heterocycles. The number of piperidine rings is 1. The minimum absolute atomic E-state index is 0.0986. The van der Waals surface area contributed by atoms with Crippen molar-refractivity contribution in [2.45, 2.75) is 55.0 Å². The topological polar surface area (TPSA) is 124 Å². The standard InChI is InChI=1S/C31H41NO9/c1-32-13-29(14-37-2)17(33)11-18(38-3)31-16-12-30(36)26(41-28(35)15-9-7-6-8-10-15)19(16)20(22(34)27(30)40-5)21(25(31)32)23(39-4)24(29)31/h6-10,16-21,23-27,33,36H,11-14H2,1-5H3/t16-,17+,18-,19-,20-,21?,23-,24+,25?,26+,27-,29-,30-,31?/m0/s1. The van der Waals surface area contributed by atoms with E-state index in [0.717, 1.165) is 0 Å². The van der Waals surface area contributed by atoms with Gasteiger partial charge in [-0.3, -0.25) is 4.79 Å². The van der Waals surface area contributed by atoms with Crippen molar-refractivity contribution in [1.29, 1.82) is 0 Å². The molecule has 10 heteroatoms. The molecule has 14 atom stereocenters. The number of hydrogen-bond donors (Lipinski definition) is 2. The van der Waals surface area contributed by atoms with Gasteiger partial charge in [0.25, 0.3) is 0 Å². The van der Waals surface area contributed by atoms with Crippen LogP contribution in [0.25, 0.3) is 0 Å². The molecule has 0 radical (unpaired) electrons. The lowest BCUT2D eigenvalue weighted by Gasteiger charge is -2.68. The third-order valence-corrected chi connectivity index (χ3v) is 12.2. The number of nitrogens with zero attached hydrogens (tertiary/aromatic N) is 1. The number of aliphatic hydroxyl groups is 2. The van der Waals surface area contributed by atoms with Crippen molar-refractivity contribution < 1.29 is 43.5 Å². The van der Waals surface area contributed by atoms with Gasteiger partial charge in [-0.15, -0.1) is 0 Å². The summed E-state index contributed by atoms with van der Waals surface area (Å²) in [7, 11) is 8.50. The number of esters is 1. The van der Waals surface area contributed by atoms with Gasteiger partial charge in [0, 0.05) is 81.9 Å². The molecule has 1 heterocycles. The van der Waals surface area contributed by atoms with E-state index in [4.69, 9.17) is 23.7 Å². The molecule has 2 N–H and O–H groups in total. The first-order chi connectivity index (χ1) is 19.7. The smallest absolute Gasteiger partial charge is 0.338 e. The zero-order valence-corrected chi connectivity index (χ0v) is 24.3. The van der Waals surface area contributed by atoms with Crippen LogP contribution in [0.4, 0.5) is 0 Å². The normalized spacial score (nSPS) is 51.1. The van der Waals surface area contributed by atoms with Gasteiger partial charge in [0.05, 0.1) is 30.5 Å². The van der Waals surface area contributed by atoms with Crippen molar-refractivity contribution >= 4 is 11.8 Å². The molecular weight excluding hydrogens is 530 g/mol. The molecule has 6 fully saturated rings. The number of carbonyl (C=O) groups excluding carboxylic acids is 2. The van der Waals surface area contributed by atoms with E-state index >= 15 is 0 Å². The fraction of sp³-hybridized carbons (Fsp3) is 0.742. The largest absolute Gasteiger partial charge is 0.455 e. The van der Waals surface area contributed by atoms with E-state index in [1.54, 1.807) is 45.6 Å². The molecule has 1 spiro atoms. The Morgan fingerprint density at radius 2 is 1.80 bits per heavy atom. The highest BCUT2D eigenvalue weighted by Gasteiger charge is 2.87. The van der Waals surface area contributed by atoms with Gasteiger partial charge in [0.2, 0.25) is 0 Å². The van der Waals surface area contributed by atoms with Crippen LogP contribution < -0.4 is 0 Å². The number of ether oxygens (including phenoxy) is 5. The average molecular weight is 572 g/mol. The first kappa shape index (κ1) is 27.9. The predicted octanol–water partition coefficient (Wildman–Crippen LogP) is 0.781. The molecule has 0 aromatic heterocycles.